The molecule has 0 fully saturated rings. The van der Waals surface area contributed by atoms with E-state index in [1.807, 2.05) is 0 Å². The van der Waals surface area contributed by atoms with Crippen molar-refractivity contribution in [1.82, 2.24) is 0 Å². The van der Waals surface area contributed by atoms with Crippen molar-refractivity contribution in [3.05, 3.63) is 19.2 Å². The van der Waals surface area contributed by atoms with Crippen LogP contribution in [0.2, 0.25) is 0 Å². The summed E-state index contributed by atoms with van der Waals surface area (Å²) in [5, 5.41) is 0. The molecule has 0 amide bonds. The monoisotopic (exact) mass is 369 g/mol. The number of rotatable bonds is 3. The van der Waals surface area contributed by atoms with Crippen LogP contribution < -0.4 is 5.73 Å². The molecule has 0 spiro atoms. The van der Waals surface area contributed by atoms with Crippen molar-refractivity contribution in [3.8, 4) is 0 Å². The fourth-order valence-corrected chi connectivity index (χ4v) is 2.96. The molecule has 1 nitrogen and oxygen atoms in total. The van der Waals surface area contributed by atoms with E-state index in [1.165, 1.54) is 11.3 Å². The second kappa shape index (κ2) is 6.37. The third kappa shape index (κ3) is 4.10. The average molecular weight is 371 g/mol. The van der Waals surface area contributed by atoms with Gasteiger partial charge in [0.2, 0.25) is 6.43 Å². The maximum Gasteiger partial charge on any atom is 0.240 e. The molecule has 0 aliphatic heterocycles. The first kappa shape index (κ1) is 14.8. The Morgan fingerprint density at radius 2 is 2.00 bits per heavy atom. The van der Waals surface area contributed by atoms with Crippen molar-refractivity contribution in [1.29, 1.82) is 0 Å². The van der Waals surface area contributed by atoms with Gasteiger partial charge in [-0.2, -0.15) is 0 Å². The molecular formula is C7H8Br2ClF2NS. The van der Waals surface area contributed by atoms with Crippen molar-refractivity contribution in [2.45, 2.75) is 18.9 Å². The summed E-state index contributed by atoms with van der Waals surface area (Å²) in [5.41, 5.74) is 5.57. The predicted molar refractivity (Wildman–Crippen MR) is 64.5 cm³/mol. The lowest BCUT2D eigenvalue weighted by Crippen LogP contribution is -2.12. The number of hydrogen-bond acceptors (Lipinski definition) is 2. The average Bonchev–Trinajstić information content (AvgIpc) is 2.31. The molecular weight excluding hydrogens is 363 g/mol. The molecule has 2 N–H and O–H groups in total. The van der Waals surface area contributed by atoms with Gasteiger partial charge < -0.3 is 5.73 Å². The zero-order valence-corrected chi connectivity index (χ0v) is 11.6. The minimum absolute atomic E-state index is 0. The number of hydrogen-bond donors (Lipinski definition) is 1. The van der Waals surface area contributed by atoms with Gasteiger partial charge in [-0.05, 0) is 37.9 Å². The van der Waals surface area contributed by atoms with Gasteiger partial charge in [0, 0.05) is 21.8 Å². The molecule has 0 bridgehead atoms. The SMILES string of the molecule is Cl.N[C@@H](CC(F)F)c1cc(Br)c(Br)s1. The van der Waals surface area contributed by atoms with Gasteiger partial charge in [0.15, 0.2) is 0 Å². The molecule has 1 rings (SSSR count). The summed E-state index contributed by atoms with van der Waals surface area (Å²) in [6.45, 7) is 0. The van der Waals surface area contributed by atoms with Gasteiger partial charge in [0.05, 0.1) is 3.79 Å². The minimum Gasteiger partial charge on any atom is -0.323 e. The van der Waals surface area contributed by atoms with Gasteiger partial charge >= 0.3 is 0 Å². The number of halogens is 5. The van der Waals surface area contributed by atoms with Crippen LogP contribution in [-0.4, -0.2) is 6.43 Å². The van der Waals surface area contributed by atoms with E-state index in [-0.39, 0.29) is 18.8 Å². The second-order valence-electron chi connectivity index (χ2n) is 2.50. The third-order valence-corrected chi connectivity index (χ3v) is 4.85. The molecule has 14 heavy (non-hydrogen) atoms. The Balaban J connectivity index is 0.00000169. The van der Waals surface area contributed by atoms with Crippen LogP contribution in [-0.2, 0) is 0 Å². The van der Waals surface area contributed by atoms with Crippen LogP contribution in [0.15, 0.2) is 14.3 Å². The molecule has 0 saturated carbocycles. The highest BCUT2D eigenvalue weighted by molar-refractivity contribution is 9.13. The molecule has 0 radical (unpaired) electrons. The largest absolute Gasteiger partial charge is 0.323 e. The van der Waals surface area contributed by atoms with Crippen molar-refractivity contribution in [2.75, 3.05) is 0 Å². The van der Waals surface area contributed by atoms with Crippen LogP contribution >= 0.6 is 55.6 Å². The molecule has 0 aliphatic carbocycles. The lowest BCUT2D eigenvalue weighted by Gasteiger charge is -2.07. The van der Waals surface area contributed by atoms with Gasteiger partial charge in [-0.25, -0.2) is 8.78 Å². The van der Waals surface area contributed by atoms with E-state index in [4.69, 9.17) is 5.73 Å². The summed E-state index contributed by atoms with van der Waals surface area (Å²) in [4.78, 5) is 0.763. The normalized spacial score (nSPS) is 12.7. The first-order chi connectivity index (χ1) is 6.00. The van der Waals surface area contributed by atoms with E-state index in [2.05, 4.69) is 31.9 Å². The van der Waals surface area contributed by atoms with Crippen molar-refractivity contribution >= 4 is 55.6 Å². The summed E-state index contributed by atoms with van der Waals surface area (Å²) in [6, 6.07) is 1.19. The van der Waals surface area contributed by atoms with E-state index >= 15 is 0 Å². The molecule has 82 valence electrons. The van der Waals surface area contributed by atoms with Crippen LogP contribution in [0, 0.1) is 0 Å². The van der Waals surface area contributed by atoms with Crippen molar-refractivity contribution in [2.24, 2.45) is 5.73 Å². The smallest absolute Gasteiger partial charge is 0.240 e. The molecule has 0 saturated heterocycles. The molecule has 0 aliphatic rings. The van der Waals surface area contributed by atoms with Gasteiger partial charge in [0.25, 0.3) is 0 Å². The summed E-state index contributed by atoms with van der Waals surface area (Å²) in [5.74, 6) is 0. The Hall–Kier alpha value is 0.770. The Morgan fingerprint density at radius 3 is 2.36 bits per heavy atom. The van der Waals surface area contributed by atoms with E-state index in [9.17, 15) is 8.78 Å². The Kier molecular flexibility index (Phi) is 6.72. The van der Waals surface area contributed by atoms with E-state index in [1.54, 1.807) is 6.07 Å². The molecule has 0 unspecified atom stereocenters. The highest BCUT2D eigenvalue weighted by atomic mass is 79.9. The van der Waals surface area contributed by atoms with Gasteiger partial charge in [-0.1, -0.05) is 0 Å². The maximum atomic E-state index is 12.0. The Morgan fingerprint density at radius 1 is 1.43 bits per heavy atom. The Bertz CT molecular complexity index is 276. The standard InChI is InChI=1S/C7H7Br2F2NS.ClH/c8-3-1-5(13-7(3)9)4(12)2-6(10)11;/h1,4,6H,2,12H2;1H/t4-;/m0./s1. The van der Waals surface area contributed by atoms with Crippen LogP contribution in [0.5, 0.6) is 0 Å². The second-order valence-corrected chi connectivity index (χ2v) is 5.76. The summed E-state index contributed by atoms with van der Waals surface area (Å²) >= 11 is 7.93. The predicted octanol–water partition coefficient (Wildman–Crippen LogP) is 4.35. The first-order valence-corrected chi connectivity index (χ1v) is 5.89. The van der Waals surface area contributed by atoms with Crippen molar-refractivity contribution in [3.63, 3.8) is 0 Å². The fraction of sp³-hybridized carbons (Fsp3) is 0.429. The van der Waals surface area contributed by atoms with Crippen molar-refractivity contribution < 1.29 is 8.78 Å². The van der Waals surface area contributed by atoms with Crippen LogP contribution in [0.25, 0.3) is 0 Å². The Labute approximate surface area is 108 Å². The van der Waals surface area contributed by atoms with Gasteiger partial charge in [-0.15, -0.1) is 23.7 Å². The zero-order valence-electron chi connectivity index (χ0n) is 6.84. The molecule has 1 heterocycles. The minimum atomic E-state index is -2.35. The summed E-state index contributed by atoms with van der Waals surface area (Å²) in [6.07, 6.45) is -2.64. The number of nitrogens with two attached hydrogens (primary N) is 1. The van der Waals surface area contributed by atoms with E-state index < -0.39 is 12.5 Å². The van der Waals surface area contributed by atoms with E-state index in [0.29, 0.717) is 0 Å². The topological polar surface area (TPSA) is 26.0 Å². The quantitative estimate of drug-likeness (QED) is 0.840. The summed E-state index contributed by atoms with van der Waals surface area (Å²) in [7, 11) is 0. The highest BCUT2D eigenvalue weighted by Gasteiger charge is 2.16. The molecule has 0 aromatic carbocycles. The summed E-state index contributed by atoms with van der Waals surface area (Å²) < 4.78 is 25.7. The highest BCUT2D eigenvalue weighted by Crippen LogP contribution is 2.36. The molecule has 1 atom stereocenters. The lowest BCUT2D eigenvalue weighted by atomic mass is 10.2. The number of thiophene rings is 1. The van der Waals surface area contributed by atoms with Gasteiger partial charge in [0.1, 0.15) is 0 Å². The zero-order chi connectivity index (χ0) is 10.0. The lowest BCUT2D eigenvalue weighted by molar-refractivity contribution is 0.129. The van der Waals surface area contributed by atoms with Gasteiger partial charge in [-0.3, -0.25) is 0 Å². The fourth-order valence-electron chi connectivity index (χ4n) is 0.854. The van der Waals surface area contributed by atoms with Crippen LogP contribution in [0.1, 0.15) is 17.3 Å². The molecule has 1 aromatic heterocycles. The first-order valence-electron chi connectivity index (χ1n) is 3.49. The molecule has 1 aromatic rings. The van der Waals surface area contributed by atoms with Crippen LogP contribution in [0.3, 0.4) is 0 Å². The maximum absolute atomic E-state index is 12.0. The third-order valence-electron chi connectivity index (χ3n) is 1.46. The number of alkyl halides is 2. The molecule has 7 heteroatoms. The van der Waals surface area contributed by atoms with E-state index in [0.717, 1.165) is 13.1 Å². The van der Waals surface area contributed by atoms with Crippen LogP contribution in [0.4, 0.5) is 8.78 Å².